The molecule has 72 valence electrons. The quantitative estimate of drug-likeness (QED) is 0.771. The molecule has 0 bridgehead atoms. The first kappa shape index (κ1) is 9.84. The van der Waals surface area contributed by atoms with Gasteiger partial charge in [-0.05, 0) is 25.7 Å². The lowest BCUT2D eigenvalue weighted by atomic mass is 10.0. The fraction of sp³-hybridized carbons (Fsp3) is 0.500. The molecule has 1 rings (SSSR count). The Morgan fingerprint density at radius 3 is 2.92 bits per heavy atom. The number of aromatic nitrogens is 1. The molecule has 0 saturated heterocycles. The Hall–Kier alpha value is -1.25. The SMILES string of the molecule is C=C(N)C(C)CCc1cc(C)on1. The van der Waals surface area contributed by atoms with E-state index >= 15 is 0 Å². The monoisotopic (exact) mass is 180 g/mol. The summed E-state index contributed by atoms with van der Waals surface area (Å²) in [6.07, 6.45) is 1.87. The minimum absolute atomic E-state index is 0.344. The summed E-state index contributed by atoms with van der Waals surface area (Å²) in [6, 6.07) is 1.95. The number of aryl methyl sites for hydroxylation is 2. The molecule has 0 spiro atoms. The second-order valence-corrected chi connectivity index (χ2v) is 3.44. The first-order valence-corrected chi connectivity index (χ1v) is 4.46. The average molecular weight is 180 g/mol. The number of rotatable bonds is 4. The van der Waals surface area contributed by atoms with E-state index in [0.717, 1.165) is 30.0 Å². The van der Waals surface area contributed by atoms with Crippen LogP contribution in [0.4, 0.5) is 0 Å². The molecule has 0 aromatic carbocycles. The van der Waals surface area contributed by atoms with Gasteiger partial charge in [0.25, 0.3) is 0 Å². The normalized spacial score (nSPS) is 12.8. The number of hydrogen-bond donors (Lipinski definition) is 1. The molecular formula is C10H16N2O. The van der Waals surface area contributed by atoms with Crippen LogP contribution in [0.5, 0.6) is 0 Å². The molecule has 0 aliphatic heterocycles. The highest BCUT2D eigenvalue weighted by atomic mass is 16.5. The summed E-state index contributed by atoms with van der Waals surface area (Å²) in [4.78, 5) is 0. The van der Waals surface area contributed by atoms with Crippen molar-refractivity contribution in [1.29, 1.82) is 0 Å². The van der Waals surface area contributed by atoms with Gasteiger partial charge in [-0.15, -0.1) is 0 Å². The first-order valence-electron chi connectivity index (χ1n) is 4.46. The number of hydrogen-bond acceptors (Lipinski definition) is 3. The molecule has 13 heavy (non-hydrogen) atoms. The number of nitrogens with two attached hydrogens (primary N) is 1. The van der Waals surface area contributed by atoms with Crippen molar-refractivity contribution in [2.75, 3.05) is 0 Å². The Kier molecular flexibility index (Phi) is 3.12. The van der Waals surface area contributed by atoms with Crippen LogP contribution in [-0.2, 0) is 6.42 Å². The third kappa shape index (κ3) is 2.93. The lowest BCUT2D eigenvalue weighted by molar-refractivity contribution is 0.388. The van der Waals surface area contributed by atoms with Crippen LogP contribution in [0.3, 0.4) is 0 Å². The van der Waals surface area contributed by atoms with Gasteiger partial charge in [-0.2, -0.15) is 0 Å². The zero-order chi connectivity index (χ0) is 9.84. The summed E-state index contributed by atoms with van der Waals surface area (Å²) in [7, 11) is 0. The van der Waals surface area contributed by atoms with Gasteiger partial charge in [0.15, 0.2) is 0 Å². The Labute approximate surface area is 78.6 Å². The average Bonchev–Trinajstić information content (AvgIpc) is 2.47. The van der Waals surface area contributed by atoms with Crippen LogP contribution in [0.25, 0.3) is 0 Å². The summed E-state index contributed by atoms with van der Waals surface area (Å²) in [5.74, 6) is 1.20. The van der Waals surface area contributed by atoms with Crippen molar-refractivity contribution in [3.8, 4) is 0 Å². The highest BCUT2D eigenvalue weighted by molar-refractivity contribution is 5.04. The lowest BCUT2D eigenvalue weighted by Gasteiger charge is -2.08. The highest BCUT2D eigenvalue weighted by Gasteiger charge is 2.06. The molecule has 1 aromatic heterocycles. The summed E-state index contributed by atoms with van der Waals surface area (Å²) < 4.78 is 4.95. The van der Waals surface area contributed by atoms with Gasteiger partial charge in [0.2, 0.25) is 0 Å². The van der Waals surface area contributed by atoms with Crippen LogP contribution < -0.4 is 5.73 Å². The highest BCUT2D eigenvalue weighted by Crippen LogP contribution is 2.12. The molecule has 0 saturated carbocycles. The van der Waals surface area contributed by atoms with E-state index in [2.05, 4.69) is 18.7 Å². The fourth-order valence-corrected chi connectivity index (χ4v) is 1.09. The Balaban J connectivity index is 2.39. The summed E-state index contributed by atoms with van der Waals surface area (Å²) in [5, 5.41) is 3.90. The fourth-order valence-electron chi connectivity index (χ4n) is 1.09. The smallest absolute Gasteiger partial charge is 0.133 e. The van der Waals surface area contributed by atoms with Crippen molar-refractivity contribution in [3.05, 3.63) is 29.8 Å². The maximum absolute atomic E-state index is 5.57. The van der Waals surface area contributed by atoms with Crippen LogP contribution in [0, 0.1) is 12.8 Å². The molecule has 0 fully saturated rings. The molecule has 0 aliphatic carbocycles. The Morgan fingerprint density at radius 2 is 2.46 bits per heavy atom. The number of allylic oxidation sites excluding steroid dienone is 1. The minimum atomic E-state index is 0.344. The van der Waals surface area contributed by atoms with Crippen molar-refractivity contribution in [3.63, 3.8) is 0 Å². The molecule has 3 nitrogen and oxygen atoms in total. The topological polar surface area (TPSA) is 52.0 Å². The van der Waals surface area contributed by atoms with Gasteiger partial charge < -0.3 is 10.3 Å². The van der Waals surface area contributed by atoms with Crippen LogP contribution in [0.1, 0.15) is 24.8 Å². The molecule has 0 radical (unpaired) electrons. The molecule has 3 heteroatoms. The van der Waals surface area contributed by atoms with Crippen molar-refractivity contribution in [2.24, 2.45) is 11.7 Å². The predicted octanol–water partition coefficient (Wildman–Crippen LogP) is 2.02. The Bertz CT molecular complexity index is 291. The van der Waals surface area contributed by atoms with E-state index in [1.165, 1.54) is 0 Å². The van der Waals surface area contributed by atoms with Crippen molar-refractivity contribution < 1.29 is 4.52 Å². The van der Waals surface area contributed by atoms with E-state index in [1.807, 2.05) is 13.0 Å². The van der Waals surface area contributed by atoms with Crippen molar-refractivity contribution in [2.45, 2.75) is 26.7 Å². The van der Waals surface area contributed by atoms with Crippen molar-refractivity contribution in [1.82, 2.24) is 5.16 Å². The maximum atomic E-state index is 5.57. The second-order valence-electron chi connectivity index (χ2n) is 3.44. The molecule has 1 heterocycles. The van der Waals surface area contributed by atoms with Gasteiger partial charge in [0, 0.05) is 11.8 Å². The van der Waals surface area contributed by atoms with Gasteiger partial charge in [0.1, 0.15) is 5.76 Å². The lowest BCUT2D eigenvalue weighted by Crippen LogP contribution is -2.07. The molecule has 0 aliphatic rings. The van der Waals surface area contributed by atoms with Gasteiger partial charge >= 0.3 is 0 Å². The van der Waals surface area contributed by atoms with E-state index in [0.29, 0.717) is 5.92 Å². The van der Waals surface area contributed by atoms with Crippen molar-refractivity contribution >= 4 is 0 Å². The predicted molar refractivity (Wildman–Crippen MR) is 52.1 cm³/mol. The maximum Gasteiger partial charge on any atom is 0.133 e. The summed E-state index contributed by atoms with van der Waals surface area (Å²) in [6.45, 7) is 7.66. The number of nitrogens with zero attached hydrogens (tertiary/aromatic N) is 1. The van der Waals surface area contributed by atoms with Crippen LogP contribution >= 0.6 is 0 Å². The zero-order valence-electron chi connectivity index (χ0n) is 8.21. The zero-order valence-corrected chi connectivity index (χ0v) is 8.21. The molecule has 2 N–H and O–H groups in total. The van der Waals surface area contributed by atoms with E-state index in [1.54, 1.807) is 0 Å². The van der Waals surface area contributed by atoms with E-state index < -0.39 is 0 Å². The van der Waals surface area contributed by atoms with Gasteiger partial charge in [-0.25, -0.2) is 0 Å². The van der Waals surface area contributed by atoms with Gasteiger partial charge in [-0.3, -0.25) is 0 Å². The van der Waals surface area contributed by atoms with E-state index in [9.17, 15) is 0 Å². The standard InChI is InChI=1S/C10H16N2O/c1-7(9(3)11)4-5-10-6-8(2)13-12-10/h6-7H,3-5,11H2,1-2H3. The third-order valence-electron chi connectivity index (χ3n) is 2.14. The van der Waals surface area contributed by atoms with Crippen LogP contribution in [0.15, 0.2) is 22.9 Å². The first-order chi connectivity index (χ1) is 6.09. The van der Waals surface area contributed by atoms with Crippen LogP contribution in [0.2, 0.25) is 0 Å². The molecule has 0 amide bonds. The molecular weight excluding hydrogens is 164 g/mol. The minimum Gasteiger partial charge on any atom is -0.402 e. The summed E-state index contributed by atoms with van der Waals surface area (Å²) >= 11 is 0. The molecule has 1 aromatic rings. The van der Waals surface area contributed by atoms with E-state index in [-0.39, 0.29) is 0 Å². The third-order valence-corrected chi connectivity index (χ3v) is 2.14. The second kappa shape index (κ2) is 4.12. The summed E-state index contributed by atoms with van der Waals surface area (Å²) in [5.41, 5.74) is 7.29. The largest absolute Gasteiger partial charge is 0.402 e. The molecule has 1 atom stereocenters. The van der Waals surface area contributed by atoms with E-state index in [4.69, 9.17) is 10.3 Å². The molecule has 1 unspecified atom stereocenters. The van der Waals surface area contributed by atoms with Gasteiger partial charge in [-0.1, -0.05) is 18.7 Å². The van der Waals surface area contributed by atoms with Crippen LogP contribution in [-0.4, -0.2) is 5.16 Å². The Morgan fingerprint density at radius 1 is 1.77 bits per heavy atom. The van der Waals surface area contributed by atoms with Gasteiger partial charge in [0.05, 0.1) is 5.69 Å².